The Labute approximate surface area is 431 Å². The minimum atomic E-state index is -0.524. The molecule has 8 aromatic rings. The lowest BCUT2D eigenvalue weighted by Crippen LogP contribution is -2.67. The fourth-order valence-electron chi connectivity index (χ4n) is 13.6. The molecule has 0 atom stereocenters. The Morgan fingerprint density at radius 2 is 0.486 bits per heavy atom. The van der Waals surface area contributed by atoms with Crippen LogP contribution in [0.2, 0.25) is 0 Å². The molecular formula is C66H56O8. The molecule has 0 heterocycles. The molecule has 4 fully saturated rings. The maximum absolute atomic E-state index is 12.3. The van der Waals surface area contributed by atoms with Crippen LogP contribution in [0.4, 0.5) is 0 Å². The van der Waals surface area contributed by atoms with Gasteiger partial charge in [0.25, 0.3) is 0 Å². The van der Waals surface area contributed by atoms with Crippen LogP contribution in [0.1, 0.15) is 102 Å². The van der Waals surface area contributed by atoms with Crippen LogP contribution in [-0.4, -0.2) is 56.7 Å². The third-order valence-corrected chi connectivity index (χ3v) is 16.7. The lowest BCUT2D eigenvalue weighted by Gasteiger charge is -2.71. The van der Waals surface area contributed by atoms with E-state index in [9.17, 15) is 24.3 Å². The molecule has 0 unspecified atom stereocenters. The lowest BCUT2D eigenvalue weighted by atomic mass is 9.32. The molecule has 0 saturated heterocycles. The summed E-state index contributed by atoms with van der Waals surface area (Å²) in [5, 5.41) is 9.48. The van der Waals surface area contributed by atoms with E-state index in [2.05, 4.69) is 97.1 Å². The van der Waals surface area contributed by atoms with Gasteiger partial charge in [0.05, 0.1) is 38.0 Å². The quantitative estimate of drug-likeness (QED) is 0.0690. The topological polar surface area (TPSA) is 116 Å². The number of carbonyl (C=O) groups excluding carboxylic acids is 4. The molecule has 368 valence electrons. The van der Waals surface area contributed by atoms with Gasteiger partial charge in [-0.3, -0.25) is 4.79 Å². The normalized spacial score (nSPS) is 21.4. The molecule has 8 aromatic carbocycles. The number of benzene rings is 8. The Kier molecular flexibility index (Phi) is 12.4. The molecule has 8 nitrogen and oxygen atoms in total. The van der Waals surface area contributed by atoms with E-state index in [0.717, 1.165) is 83.0 Å². The van der Waals surface area contributed by atoms with Crippen LogP contribution in [0, 0.1) is 0 Å². The summed E-state index contributed by atoms with van der Waals surface area (Å²) in [6.07, 6.45) is 5.86. The smallest absolute Gasteiger partial charge is 0.337 e. The highest BCUT2D eigenvalue weighted by Gasteiger charge is 2.69. The Morgan fingerprint density at radius 1 is 0.311 bits per heavy atom. The molecule has 0 amide bonds. The molecule has 0 spiro atoms. The highest BCUT2D eigenvalue weighted by molar-refractivity contribution is 5.97. The predicted octanol–water partition coefficient (Wildman–Crippen LogP) is 13.3. The first-order chi connectivity index (χ1) is 35.9. The summed E-state index contributed by atoms with van der Waals surface area (Å²) in [4.78, 5) is 49.2. The van der Waals surface area contributed by atoms with Crippen molar-refractivity contribution >= 4 is 23.7 Å². The number of hydrogen-bond acceptors (Lipinski definition) is 8. The van der Waals surface area contributed by atoms with Crippen molar-refractivity contribution in [2.75, 3.05) is 27.9 Å². The van der Waals surface area contributed by atoms with Crippen LogP contribution < -0.4 is 0 Å². The number of hydrogen-bond donors (Lipinski definition) is 1. The number of rotatable bonds is 13. The van der Waals surface area contributed by atoms with Gasteiger partial charge in [-0.25, -0.2) is 14.4 Å². The van der Waals surface area contributed by atoms with Crippen molar-refractivity contribution in [1.29, 1.82) is 0 Å². The van der Waals surface area contributed by atoms with Crippen molar-refractivity contribution in [2.24, 2.45) is 0 Å². The molecule has 4 aliphatic rings. The number of carbonyl (C=O) groups is 4. The minimum absolute atomic E-state index is 0.222. The highest BCUT2D eigenvalue weighted by Crippen LogP contribution is 2.75. The first-order valence-corrected chi connectivity index (χ1v) is 25.1. The third kappa shape index (κ3) is 8.52. The van der Waals surface area contributed by atoms with E-state index < -0.39 is 6.61 Å². The van der Waals surface area contributed by atoms with E-state index >= 15 is 0 Å². The number of esters is 3. The van der Waals surface area contributed by atoms with Crippen molar-refractivity contribution in [3.8, 4) is 44.5 Å². The van der Waals surface area contributed by atoms with Crippen molar-refractivity contribution < 1.29 is 38.5 Å². The van der Waals surface area contributed by atoms with Gasteiger partial charge in [-0.2, -0.15) is 0 Å². The summed E-state index contributed by atoms with van der Waals surface area (Å²) in [6, 6.07) is 66.9. The van der Waals surface area contributed by atoms with Crippen molar-refractivity contribution in [1.82, 2.24) is 0 Å². The highest BCUT2D eigenvalue weighted by atomic mass is 16.5. The van der Waals surface area contributed by atoms with Gasteiger partial charge in [0, 0.05) is 5.56 Å². The molecule has 8 heteroatoms. The zero-order valence-electron chi connectivity index (χ0n) is 41.7. The number of aliphatic hydroxyl groups is 1. The molecule has 4 bridgehead atoms. The van der Waals surface area contributed by atoms with Gasteiger partial charge in [-0.05, 0) is 163 Å². The van der Waals surface area contributed by atoms with Gasteiger partial charge >= 0.3 is 17.9 Å². The van der Waals surface area contributed by atoms with Crippen molar-refractivity contribution in [3.63, 3.8) is 0 Å². The second-order valence-electron chi connectivity index (χ2n) is 20.9. The Bertz CT molecular complexity index is 2890. The van der Waals surface area contributed by atoms with Crippen LogP contribution in [0.25, 0.3) is 44.5 Å². The number of ether oxygens (including phenoxy) is 3. The summed E-state index contributed by atoms with van der Waals surface area (Å²) in [7, 11) is 4.18. The fraction of sp³-hybridized carbons (Fsp3) is 0.212. The van der Waals surface area contributed by atoms with Crippen LogP contribution in [0.15, 0.2) is 194 Å². The average Bonchev–Trinajstić information content (AvgIpc) is 3.48. The van der Waals surface area contributed by atoms with Gasteiger partial charge in [-0.1, -0.05) is 158 Å². The molecule has 0 aliphatic heterocycles. The Morgan fingerprint density at radius 3 is 0.662 bits per heavy atom. The monoisotopic (exact) mass is 976 g/mol. The molecule has 4 saturated carbocycles. The summed E-state index contributed by atoms with van der Waals surface area (Å²) < 4.78 is 14.9. The van der Waals surface area contributed by atoms with Gasteiger partial charge < -0.3 is 19.3 Å². The van der Waals surface area contributed by atoms with Gasteiger partial charge in [0.15, 0.2) is 5.78 Å². The van der Waals surface area contributed by atoms with Crippen molar-refractivity contribution in [2.45, 2.75) is 60.2 Å². The van der Waals surface area contributed by atoms with Gasteiger partial charge in [-0.15, -0.1) is 0 Å². The SMILES string of the molecule is COC(=O)c1ccc(-c2ccc(C34CC5(c6ccc(-c7ccc(C(=O)CO)cc7)cc6)CC(c6ccc(-c7ccc(C(=O)OC)cc7)cc6)(C3)CC(c3ccc(-c6ccc(C(=O)OC)cc6)cc3)(C5)C4)cc2)cc1. The fourth-order valence-corrected chi connectivity index (χ4v) is 13.6. The molecular weight excluding hydrogens is 921 g/mol. The summed E-state index contributed by atoms with van der Waals surface area (Å²) >= 11 is 0. The van der Waals surface area contributed by atoms with Crippen LogP contribution in [0.3, 0.4) is 0 Å². The Hall–Kier alpha value is -8.20. The van der Waals surface area contributed by atoms with Crippen LogP contribution in [-0.2, 0) is 35.9 Å². The predicted molar refractivity (Wildman–Crippen MR) is 287 cm³/mol. The Balaban J connectivity index is 1.04. The van der Waals surface area contributed by atoms with E-state index in [1.165, 1.54) is 43.6 Å². The maximum atomic E-state index is 12.3. The zero-order valence-corrected chi connectivity index (χ0v) is 41.7. The number of aliphatic hydroxyl groups excluding tert-OH is 1. The second kappa shape index (κ2) is 19.0. The zero-order chi connectivity index (χ0) is 51.2. The number of methoxy groups -OCH3 is 3. The third-order valence-electron chi connectivity index (χ3n) is 16.7. The van der Waals surface area contributed by atoms with Crippen molar-refractivity contribution in [3.05, 3.63) is 239 Å². The first-order valence-electron chi connectivity index (χ1n) is 25.1. The number of ketones is 1. The molecule has 1 N–H and O–H groups in total. The standard InChI is InChI=1S/C66H56O8/c1-72-60(69)52-14-6-44(7-15-52)48-22-30-56(31-23-48)64-37-63(55-28-20-47(21-29-55)43-4-12-51(13-5-43)59(68)36-67)38-65(40-64,57-32-24-49(25-33-57)45-8-16-53(17-9-45)61(70)73-2)42-66(39-63,41-64)58-34-26-50(27-35-58)46-10-18-54(19-11-46)62(71)74-3/h4-35,67H,36-42H2,1-3H3. The van der Waals surface area contributed by atoms with E-state index in [1.54, 1.807) is 12.1 Å². The molecule has 0 radical (unpaired) electrons. The van der Waals surface area contributed by atoms with E-state index in [4.69, 9.17) is 14.2 Å². The molecule has 4 aliphatic carbocycles. The number of Topliss-reactive ketones (excluding diaryl/α,β-unsaturated/α-hetero) is 1. The van der Waals surface area contributed by atoms with E-state index in [-0.39, 0.29) is 45.4 Å². The van der Waals surface area contributed by atoms with Crippen LogP contribution >= 0.6 is 0 Å². The van der Waals surface area contributed by atoms with Gasteiger partial charge in [0.1, 0.15) is 6.61 Å². The first kappa shape index (κ1) is 48.1. The minimum Gasteiger partial charge on any atom is -0.465 e. The van der Waals surface area contributed by atoms with E-state index in [0.29, 0.717) is 22.3 Å². The van der Waals surface area contributed by atoms with Gasteiger partial charge in [0.2, 0.25) is 0 Å². The summed E-state index contributed by atoms with van der Waals surface area (Å²) in [6.45, 7) is -0.524. The molecule has 74 heavy (non-hydrogen) atoms. The second-order valence-corrected chi connectivity index (χ2v) is 20.9. The summed E-state index contributed by atoms with van der Waals surface area (Å²) in [5.74, 6) is -1.39. The lowest BCUT2D eigenvalue weighted by molar-refractivity contribution is -0.0691. The van der Waals surface area contributed by atoms with Crippen LogP contribution in [0.5, 0.6) is 0 Å². The average molecular weight is 977 g/mol. The largest absolute Gasteiger partial charge is 0.465 e. The molecule has 0 aromatic heterocycles. The molecule has 12 rings (SSSR count). The maximum Gasteiger partial charge on any atom is 0.337 e. The summed E-state index contributed by atoms with van der Waals surface area (Å²) in [5.41, 5.74) is 14.8. The van der Waals surface area contributed by atoms with E-state index in [1.807, 2.05) is 84.9 Å².